The highest BCUT2D eigenvalue weighted by Crippen LogP contribution is 2.28. The number of nitrogens with two attached hydrogens (primary N) is 1. The summed E-state index contributed by atoms with van der Waals surface area (Å²) in [6, 6.07) is 7.29. The number of methoxy groups -OCH3 is 1. The fourth-order valence-corrected chi connectivity index (χ4v) is 2.49. The Morgan fingerprint density at radius 3 is 2.80 bits per heavy atom. The maximum atomic E-state index is 12.3. The number of rotatable bonds is 4. The van der Waals surface area contributed by atoms with E-state index in [1.165, 1.54) is 12.0 Å². The smallest absolute Gasteiger partial charge is 0.312 e. The first-order valence-electron chi connectivity index (χ1n) is 6.40. The van der Waals surface area contributed by atoms with E-state index in [1.54, 1.807) is 6.07 Å². The van der Waals surface area contributed by atoms with E-state index in [0.29, 0.717) is 6.54 Å². The van der Waals surface area contributed by atoms with Gasteiger partial charge in [0.25, 0.3) is 5.91 Å². The number of hydrogen-bond donors (Lipinski definition) is 2. The Kier molecular flexibility index (Phi) is 4.36. The molecule has 1 heterocycles. The number of carbonyl (C=O) groups excluding carboxylic acids is 1. The van der Waals surface area contributed by atoms with Crippen molar-refractivity contribution in [3.63, 3.8) is 0 Å². The Labute approximate surface area is 117 Å². The standard InChI is InChI=1S/C14H18N2O4/c1-20-12(6-15)13(17)16-7-9-4-2-3-5-10(9)11(8-16)14(18)19/h2-5,11-12H,6-8,15H2,1H3,(H,18,19). The molecule has 1 aromatic rings. The van der Waals surface area contributed by atoms with Crippen LogP contribution in [0.3, 0.4) is 0 Å². The lowest BCUT2D eigenvalue weighted by Gasteiger charge is -2.34. The lowest BCUT2D eigenvalue weighted by molar-refractivity contribution is -0.145. The lowest BCUT2D eigenvalue weighted by atomic mass is 9.89. The van der Waals surface area contributed by atoms with Crippen LogP contribution in [0.2, 0.25) is 0 Å². The fraction of sp³-hybridized carbons (Fsp3) is 0.429. The van der Waals surface area contributed by atoms with Crippen LogP contribution in [-0.4, -0.2) is 48.2 Å². The van der Waals surface area contributed by atoms with Crippen molar-refractivity contribution >= 4 is 11.9 Å². The highest BCUT2D eigenvalue weighted by atomic mass is 16.5. The topological polar surface area (TPSA) is 92.9 Å². The highest BCUT2D eigenvalue weighted by Gasteiger charge is 2.34. The van der Waals surface area contributed by atoms with Gasteiger partial charge in [-0.25, -0.2) is 0 Å². The maximum Gasteiger partial charge on any atom is 0.312 e. The molecule has 6 nitrogen and oxygen atoms in total. The summed E-state index contributed by atoms with van der Waals surface area (Å²) >= 11 is 0. The minimum atomic E-state index is -0.934. The van der Waals surface area contributed by atoms with Crippen LogP contribution < -0.4 is 5.73 Å². The minimum Gasteiger partial charge on any atom is -0.481 e. The molecule has 20 heavy (non-hydrogen) atoms. The second-order valence-electron chi connectivity index (χ2n) is 4.77. The second kappa shape index (κ2) is 6.02. The normalized spacial score (nSPS) is 19.3. The quantitative estimate of drug-likeness (QED) is 0.819. The number of hydrogen-bond acceptors (Lipinski definition) is 4. The van der Waals surface area contributed by atoms with E-state index < -0.39 is 18.0 Å². The summed E-state index contributed by atoms with van der Waals surface area (Å²) in [5.74, 6) is -1.91. The summed E-state index contributed by atoms with van der Waals surface area (Å²) in [6.07, 6.45) is -0.727. The molecule has 0 aliphatic carbocycles. The van der Waals surface area contributed by atoms with Gasteiger partial charge in [-0.05, 0) is 11.1 Å². The highest BCUT2D eigenvalue weighted by molar-refractivity contribution is 5.84. The maximum absolute atomic E-state index is 12.3. The fourth-order valence-electron chi connectivity index (χ4n) is 2.49. The van der Waals surface area contributed by atoms with Crippen LogP contribution >= 0.6 is 0 Å². The molecule has 0 radical (unpaired) electrons. The average Bonchev–Trinajstić information content (AvgIpc) is 2.47. The molecule has 0 aromatic heterocycles. The monoisotopic (exact) mass is 278 g/mol. The van der Waals surface area contributed by atoms with Crippen molar-refractivity contribution in [2.45, 2.75) is 18.6 Å². The zero-order chi connectivity index (χ0) is 14.7. The number of carbonyl (C=O) groups is 2. The Morgan fingerprint density at radius 1 is 1.50 bits per heavy atom. The molecule has 0 spiro atoms. The molecule has 0 saturated heterocycles. The van der Waals surface area contributed by atoms with Gasteiger partial charge in [0.05, 0.1) is 5.92 Å². The molecule has 108 valence electrons. The van der Waals surface area contributed by atoms with Gasteiger partial charge in [0, 0.05) is 26.7 Å². The third-order valence-corrected chi connectivity index (χ3v) is 3.58. The van der Waals surface area contributed by atoms with Gasteiger partial charge in [0.1, 0.15) is 6.10 Å². The first kappa shape index (κ1) is 14.5. The van der Waals surface area contributed by atoms with Gasteiger partial charge in [-0.15, -0.1) is 0 Å². The Morgan fingerprint density at radius 2 is 2.20 bits per heavy atom. The van der Waals surface area contributed by atoms with E-state index >= 15 is 0 Å². The molecule has 2 unspecified atom stereocenters. The van der Waals surface area contributed by atoms with Crippen molar-refractivity contribution in [2.75, 3.05) is 20.2 Å². The van der Waals surface area contributed by atoms with Crippen molar-refractivity contribution < 1.29 is 19.4 Å². The summed E-state index contributed by atoms with van der Waals surface area (Å²) in [7, 11) is 1.42. The molecule has 0 saturated carbocycles. The van der Waals surface area contributed by atoms with Crippen molar-refractivity contribution in [3.05, 3.63) is 35.4 Å². The van der Waals surface area contributed by atoms with Gasteiger partial charge in [0.2, 0.25) is 0 Å². The third-order valence-electron chi connectivity index (χ3n) is 3.58. The molecule has 0 fully saturated rings. The number of amides is 1. The third kappa shape index (κ3) is 2.66. The van der Waals surface area contributed by atoms with Crippen molar-refractivity contribution in [3.8, 4) is 0 Å². The molecule has 2 atom stereocenters. The van der Waals surface area contributed by atoms with Crippen LogP contribution in [0.1, 0.15) is 17.0 Å². The van der Waals surface area contributed by atoms with Crippen LogP contribution in [0, 0.1) is 0 Å². The van der Waals surface area contributed by atoms with Gasteiger partial charge < -0.3 is 20.5 Å². The molecular weight excluding hydrogens is 260 g/mol. The number of fused-ring (bicyclic) bond motifs is 1. The molecule has 0 bridgehead atoms. The molecule has 6 heteroatoms. The predicted molar refractivity (Wildman–Crippen MR) is 72.1 cm³/mol. The zero-order valence-electron chi connectivity index (χ0n) is 11.3. The summed E-state index contributed by atoms with van der Waals surface area (Å²) in [6.45, 7) is 0.606. The Hall–Kier alpha value is -1.92. The number of carboxylic acid groups (broad SMARTS) is 1. The number of benzene rings is 1. The van der Waals surface area contributed by atoms with E-state index in [4.69, 9.17) is 10.5 Å². The summed E-state index contributed by atoms with van der Waals surface area (Å²) < 4.78 is 5.03. The number of nitrogens with zero attached hydrogens (tertiary/aromatic N) is 1. The lowest BCUT2D eigenvalue weighted by Crippen LogP contribution is -2.47. The first-order chi connectivity index (χ1) is 9.58. The zero-order valence-corrected chi connectivity index (χ0v) is 11.3. The molecule has 1 aliphatic rings. The largest absolute Gasteiger partial charge is 0.481 e. The number of carboxylic acids is 1. The number of ether oxygens (including phenoxy) is 1. The number of aliphatic carboxylic acids is 1. The van der Waals surface area contributed by atoms with Crippen molar-refractivity contribution in [1.29, 1.82) is 0 Å². The summed E-state index contributed by atoms with van der Waals surface area (Å²) in [5, 5.41) is 9.34. The van der Waals surface area contributed by atoms with Crippen LogP contribution in [0.25, 0.3) is 0 Å². The van der Waals surface area contributed by atoms with E-state index in [2.05, 4.69) is 0 Å². The van der Waals surface area contributed by atoms with Gasteiger partial charge in [-0.3, -0.25) is 9.59 Å². The van der Waals surface area contributed by atoms with Gasteiger partial charge in [0.15, 0.2) is 0 Å². The Balaban J connectivity index is 2.28. The molecule has 2 rings (SSSR count). The van der Waals surface area contributed by atoms with Gasteiger partial charge >= 0.3 is 5.97 Å². The second-order valence-corrected chi connectivity index (χ2v) is 4.77. The van der Waals surface area contributed by atoms with Crippen LogP contribution in [0.5, 0.6) is 0 Å². The summed E-state index contributed by atoms with van der Waals surface area (Å²) in [5.41, 5.74) is 7.11. The van der Waals surface area contributed by atoms with Crippen LogP contribution in [-0.2, 0) is 20.9 Å². The molecule has 1 aromatic carbocycles. The minimum absolute atomic E-state index is 0.0746. The van der Waals surface area contributed by atoms with Crippen molar-refractivity contribution in [1.82, 2.24) is 4.90 Å². The Bertz CT molecular complexity index is 514. The van der Waals surface area contributed by atoms with Gasteiger partial charge in [-0.1, -0.05) is 24.3 Å². The van der Waals surface area contributed by atoms with E-state index in [1.807, 2.05) is 18.2 Å². The van der Waals surface area contributed by atoms with Crippen LogP contribution in [0.4, 0.5) is 0 Å². The molecule has 1 aliphatic heterocycles. The van der Waals surface area contributed by atoms with E-state index in [-0.39, 0.29) is 19.0 Å². The van der Waals surface area contributed by atoms with Crippen LogP contribution in [0.15, 0.2) is 24.3 Å². The molecule has 1 amide bonds. The molecular formula is C14H18N2O4. The van der Waals surface area contributed by atoms with E-state index in [0.717, 1.165) is 11.1 Å². The SMILES string of the molecule is COC(CN)C(=O)N1Cc2ccccc2C(C(=O)O)C1. The average molecular weight is 278 g/mol. The first-order valence-corrected chi connectivity index (χ1v) is 6.40. The van der Waals surface area contributed by atoms with E-state index in [9.17, 15) is 14.7 Å². The van der Waals surface area contributed by atoms with Gasteiger partial charge in [-0.2, -0.15) is 0 Å². The van der Waals surface area contributed by atoms with Crippen molar-refractivity contribution in [2.24, 2.45) is 5.73 Å². The predicted octanol–water partition coefficient (Wildman–Crippen LogP) is 0.171. The molecule has 3 N–H and O–H groups in total. The summed E-state index contributed by atoms with van der Waals surface area (Å²) in [4.78, 5) is 25.2.